The van der Waals surface area contributed by atoms with Crippen molar-refractivity contribution in [2.24, 2.45) is 0 Å². The number of carbonyl (C=O) groups is 2. The van der Waals surface area contributed by atoms with Crippen LogP contribution in [0.3, 0.4) is 0 Å². The molecule has 1 aliphatic heterocycles. The van der Waals surface area contributed by atoms with Crippen molar-refractivity contribution in [3.63, 3.8) is 0 Å². The summed E-state index contributed by atoms with van der Waals surface area (Å²) in [6.45, 7) is 2.66. The number of fused-ring (bicyclic) bond motifs is 1. The Hall–Kier alpha value is -2.97. The molecule has 0 atom stereocenters. The van der Waals surface area contributed by atoms with E-state index in [1.165, 1.54) is 16.2 Å². The molecule has 0 saturated carbocycles. The van der Waals surface area contributed by atoms with E-state index in [2.05, 4.69) is 11.4 Å². The summed E-state index contributed by atoms with van der Waals surface area (Å²) in [5, 5.41) is 12.5. The van der Waals surface area contributed by atoms with Crippen molar-refractivity contribution in [1.29, 1.82) is 5.26 Å². The van der Waals surface area contributed by atoms with Gasteiger partial charge in [0.15, 0.2) is 9.84 Å². The second-order valence-corrected chi connectivity index (χ2v) is 9.98. The zero-order chi connectivity index (χ0) is 22.6. The minimum absolute atomic E-state index is 0.0648. The van der Waals surface area contributed by atoms with Crippen LogP contribution < -0.4 is 5.32 Å². The Labute approximate surface area is 183 Å². The fourth-order valence-electron chi connectivity index (χ4n) is 3.16. The summed E-state index contributed by atoms with van der Waals surface area (Å²) < 4.78 is 42.7. The number of halogens is 1. The molecule has 11 heteroatoms. The molecule has 2 aromatic rings. The van der Waals surface area contributed by atoms with Crippen molar-refractivity contribution in [2.45, 2.75) is 31.2 Å². The van der Waals surface area contributed by atoms with Crippen molar-refractivity contribution >= 4 is 38.2 Å². The summed E-state index contributed by atoms with van der Waals surface area (Å²) in [5.41, 5.74) is 1.11. The van der Waals surface area contributed by atoms with Crippen LogP contribution in [0, 0.1) is 17.1 Å². The molecule has 1 aromatic heterocycles. The maximum atomic E-state index is 13.0. The van der Waals surface area contributed by atoms with Crippen LogP contribution >= 0.6 is 11.3 Å². The lowest BCUT2D eigenvalue weighted by Gasteiger charge is -2.25. The summed E-state index contributed by atoms with van der Waals surface area (Å²) in [7, 11) is -3.75. The summed E-state index contributed by atoms with van der Waals surface area (Å²) in [6, 6.07) is 6.48. The molecule has 3 rings (SSSR count). The summed E-state index contributed by atoms with van der Waals surface area (Å²) in [6.07, 6.45) is -0.290. The quantitative estimate of drug-likeness (QED) is 0.656. The molecular formula is C20H20FN3O5S2. The molecular weight excluding hydrogens is 445 g/mol. The third-order valence-corrected chi connectivity index (χ3v) is 7.58. The highest BCUT2D eigenvalue weighted by atomic mass is 32.2. The number of ether oxygens (including phenoxy) is 1. The number of hydrogen-bond donors (Lipinski definition) is 1. The number of hydrogen-bond acceptors (Lipinski definition) is 7. The number of amides is 2. The van der Waals surface area contributed by atoms with Crippen molar-refractivity contribution in [3.8, 4) is 6.07 Å². The number of sulfone groups is 1. The maximum absolute atomic E-state index is 13.0. The van der Waals surface area contributed by atoms with Gasteiger partial charge in [0.2, 0.25) is 5.91 Å². The van der Waals surface area contributed by atoms with Crippen LogP contribution in [-0.4, -0.2) is 44.2 Å². The molecule has 0 saturated heterocycles. The monoisotopic (exact) mass is 465 g/mol. The first kappa shape index (κ1) is 22.7. The van der Waals surface area contributed by atoms with Gasteiger partial charge in [-0.2, -0.15) is 5.26 Å². The largest absolute Gasteiger partial charge is 0.450 e. The standard InChI is InChI=1S/C20H20FN3O5S2/c1-2-29-20(26)24-9-7-15-16(11-22)19(30-17(15)12-24)23-18(25)8-10-31(27,28)14-5-3-13(21)4-6-14/h3-6H,2,7-10,12H2,1H3,(H,23,25). The smallest absolute Gasteiger partial charge is 0.410 e. The number of nitriles is 1. The second-order valence-electron chi connectivity index (χ2n) is 6.76. The van der Waals surface area contributed by atoms with E-state index >= 15 is 0 Å². The highest BCUT2D eigenvalue weighted by molar-refractivity contribution is 7.91. The number of nitrogens with one attached hydrogen (secondary N) is 1. The molecule has 8 nitrogen and oxygen atoms in total. The van der Waals surface area contributed by atoms with Gasteiger partial charge in [-0.25, -0.2) is 17.6 Å². The first-order valence-corrected chi connectivity index (χ1v) is 12.0. The van der Waals surface area contributed by atoms with E-state index in [0.717, 1.165) is 34.7 Å². The van der Waals surface area contributed by atoms with Gasteiger partial charge < -0.3 is 15.0 Å². The molecule has 0 radical (unpaired) electrons. The third-order valence-electron chi connectivity index (χ3n) is 4.72. The SMILES string of the molecule is CCOC(=O)N1CCc2c(sc(NC(=O)CCS(=O)(=O)c3ccc(F)cc3)c2C#N)C1. The van der Waals surface area contributed by atoms with E-state index < -0.39 is 33.4 Å². The number of nitrogens with zero attached hydrogens (tertiary/aromatic N) is 2. The first-order chi connectivity index (χ1) is 14.7. The van der Waals surface area contributed by atoms with Gasteiger partial charge in [0.25, 0.3) is 0 Å². The first-order valence-electron chi connectivity index (χ1n) is 9.49. The molecule has 1 N–H and O–H groups in total. The Kier molecular flexibility index (Phi) is 6.92. The number of thiophene rings is 1. The predicted molar refractivity (Wildman–Crippen MR) is 112 cm³/mol. The van der Waals surface area contributed by atoms with Gasteiger partial charge >= 0.3 is 6.09 Å². The molecule has 0 spiro atoms. The number of rotatable bonds is 6. The van der Waals surface area contributed by atoms with Crippen LogP contribution in [0.2, 0.25) is 0 Å². The van der Waals surface area contributed by atoms with Gasteiger partial charge in [-0.15, -0.1) is 11.3 Å². The van der Waals surface area contributed by atoms with Gasteiger partial charge in [-0.3, -0.25) is 4.79 Å². The van der Waals surface area contributed by atoms with Crippen LogP contribution in [-0.2, 0) is 32.3 Å². The zero-order valence-corrected chi connectivity index (χ0v) is 18.3. The van der Waals surface area contributed by atoms with Crippen LogP contribution in [0.1, 0.15) is 29.3 Å². The predicted octanol–water partition coefficient (Wildman–Crippen LogP) is 3.08. The second kappa shape index (κ2) is 9.45. The van der Waals surface area contributed by atoms with Crippen molar-refractivity contribution < 1.29 is 27.1 Å². The van der Waals surface area contributed by atoms with E-state index in [1.807, 2.05) is 0 Å². The maximum Gasteiger partial charge on any atom is 0.410 e. The Balaban J connectivity index is 1.67. The Morgan fingerprint density at radius 1 is 1.32 bits per heavy atom. The Morgan fingerprint density at radius 3 is 2.68 bits per heavy atom. The summed E-state index contributed by atoms with van der Waals surface area (Å²) in [4.78, 5) is 26.6. The van der Waals surface area contributed by atoms with Crippen molar-refractivity contribution in [3.05, 3.63) is 46.1 Å². The number of carbonyl (C=O) groups excluding carboxylic acids is 2. The molecule has 1 aliphatic rings. The fraction of sp³-hybridized carbons (Fsp3) is 0.350. The highest BCUT2D eigenvalue weighted by Crippen LogP contribution is 2.36. The van der Waals surface area contributed by atoms with Gasteiger partial charge in [0.1, 0.15) is 16.9 Å². The normalized spacial score (nSPS) is 13.3. The Morgan fingerprint density at radius 2 is 2.03 bits per heavy atom. The topological polar surface area (TPSA) is 117 Å². The van der Waals surface area contributed by atoms with Crippen molar-refractivity contribution in [2.75, 3.05) is 24.2 Å². The molecule has 0 fully saturated rings. The molecule has 0 bridgehead atoms. The lowest BCUT2D eigenvalue weighted by molar-refractivity contribution is -0.115. The van der Waals surface area contributed by atoms with Crippen molar-refractivity contribution in [1.82, 2.24) is 4.90 Å². The summed E-state index contributed by atoms with van der Waals surface area (Å²) in [5.74, 6) is -1.56. The van der Waals surface area contributed by atoms with E-state index in [-0.39, 0.29) is 24.5 Å². The lowest BCUT2D eigenvalue weighted by atomic mass is 10.0. The molecule has 1 aromatic carbocycles. The summed E-state index contributed by atoms with van der Waals surface area (Å²) >= 11 is 1.19. The van der Waals surface area contributed by atoms with Crippen LogP contribution in [0.4, 0.5) is 14.2 Å². The third kappa shape index (κ3) is 5.21. The van der Waals surface area contributed by atoms with Gasteiger partial charge in [-0.1, -0.05) is 0 Å². The minimum Gasteiger partial charge on any atom is -0.450 e. The van der Waals surface area contributed by atoms with Gasteiger partial charge in [-0.05, 0) is 43.2 Å². The molecule has 0 aliphatic carbocycles. The average molecular weight is 466 g/mol. The fourth-order valence-corrected chi connectivity index (χ4v) is 5.63. The van der Waals surface area contributed by atoms with E-state index in [4.69, 9.17) is 4.74 Å². The van der Waals surface area contributed by atoms with E-state index in [9.17, 15) is 27.7 Å². The van der Waals surface area contributed by atoms with Crippen LogP contribution in [0.25, 0.3) is 0 Å². The van der Waals surface area contributed by atoms with Crippen LogP contribution in [0.15, 0.2) is 29.2 Å². The minimum atomic E-state index is -3.75. The molecule has 2 amide bonds. The number of benzene rings is 1. The van der Waals surface area contributed by atoms with E-state index in [0.29, 0.717) is 23.5 Å². The lowest BCUT2D eigenvalue weighted by Crippen LogP contribution is -2.35. The number of anilines is 1. The highest BCUT2D eigenvalue weighted by Gasteiger charge is 2.28. The molecule has 0 unspecified atom stereocenters. The zero-order valence-electron chi connectivity index (χ0n) is 16.7. The molecule has 164 valence electrons. The van der Waals surface area contributed by atoms with Gasteiger partial charge in [0.05, 0.1) is 29.4 Å². The average Bonchev–Trinajstić information content (AvgIpc) is 3.08. The van der Waals surface area contributed by atoms with Crippen LogP contribution in [0.5, 0.6) is 0 Å². The van der Waals surface area contributed by atoms with Gasteiger partial charge in [0, 0.05) is 17.8 Å². The van der Waals surface area contributed by atoms with E-state index in [1.54, 1.807) is 6.92 Å². The molecule has 2 heterocycles. The molecule has 31 heavy (non-hydrogen) atoms. The Bertz CT molecular complexity index is 1140.